The first-order chi connectivity index (χ1) is 10.7. The number of hydrogen-bond acceptors (Lipinski definition) is 1. The molecule has 0 bridgehead atoms. The average Bonchev–Trinajstić information content (AvgIpc) is 2.55. The second-order valence-electron chi connectivity index (χ2n) is 5.25. The van der Waals surface area contributed by atoms with Crippen molar-refractivity contribution in [3.05, 3.63) is 71.5 Å². The van der Waals surface area contributed by atoms with Crippen LogP contribution in [0.1, 0.15) is 24.0 Å². The summed E-state index contributed by atoms with van der Waals surface area (Å²) < 4.78 is 13.1. The summed E-state index contributed by atoms with van der Waals surface area (Å²) in [6, 6.07) is 16.9. The quantitative estimate of drug-likeness (QED) is 0.431. The fourth-order valence-corrected chi connectivity index (χ4v) is 2.20. The maximum atomic E-state index is 13.1. The lowest BCUT2D eigenvalue weighted by molar-refractivity contribution is 0.624. The second-order valence-corrected chi connectivity index (χ2v) is 5.25. The van der Waals surface area contributed by atoms with Crippen LogP contribution in [0, 0.1) is 5.82 Å². The fraction of sp³-hybridized carbons (Fsp3) is 0.278. The molecule has 1 atom stereocenters. The Bertz CT molecular complexity index is 617. The van der Waals surface area contributed by atoms with Crippen LogP contribution in [0.5, 0.6) is 0 Å². The molecular formula is C18H23FIN3. The summed E-state index contributed by atoms with van der Waals surface area (Å²) in [5, 5.41) is 6.49. The van der Waals surface area contributed by atoms with Crippen molar-refractivity contribution in [1.29, 1.82) is 0 Å². The van der Waals surface area contributed by atoms with E-state index in [2.05, 4.69) is 34.7 Å². The molecule has 2 aromatic rings. The molecule has 1 unspecified atom stereocenters. The predicted molar refractivity (Wildman–Crippen MR) is 105 cm³/mol. The molecule has 0 aromatic heterocycles. The van der Waals surface area contributed by atoms with Gasteiger partial charge in [0.25, 0.3) is 0 Å². The van der Waals surface area contributed by atoms with Gasteiger partial charge in [0, 0.05) is 20.1 Å². The van der Waals surface area contributed by atoms with Gasteiger partial charge in [-0.3, -0.25) is 4.99 Å². The lowest BCUT2D eigenvalue weighted by atomic mass is 10.0. The Morgan fingerprint density at radius 2 is 1.83 bits per heavy atom. The van der Waals surface area contributed by atoms with Crippen molar-refractivity contribution < 1.29 is 4.39 Å². The largest absolute Gasteiger partial charge is 0.356 e. The van der Waals surface area contributed by atoms with E-state index in [-0.39, 0.29) is 29.8 Å². The summed E-state index contributed by atoms with van der Waals surface area (Å²) >= 11 is 0. The Labute approximate surface area is 154 Å². The lowest BCUT2D eigenvalue weighted by Gasteiger charge is -2.16. The van der Waals surface area contributed by atoms with E-state index >= 15 is 0 Å². The Balaban J connectivity index is 0.00000264. The van der Waals surface area contributed by atoms with E-state index in [4.69, 9.17) is 0 Å². The summed E-state index contributed by atoms with van der Waals surface area (Å²) in [5.74, 6) is 0.876. The van der Waals surface area contributed by atoms with E-state index in [1.807, 2.05) is 24.3 Å². The van der Waals surface area contributed by atoms with Gasteiger partial charge in [-0.05, 0) is 29.2 Å². The van der Waals surface area contributed by atoms with Gasteiger partial charge in [0.15, 0.2) is 5.96 Å². The molecule has 2 N–H and O–H groups in total. The van der Waals surface area contributed by atoms with Gasteiger partial charge in [-0.2, -0.15) is 0 Å². The highest BCUT2D eigenvalue weighted by Gasteiger charge is 2.06. The molecule has 2 rings (SSSR count). The number of rotatable bonds is 5. The van der Waals surface area contributed by atoms with E-state index in [9.17, 15) is 4.39 Å². The second kappa shape index (κ2) is 10.2. The maximum Gasteiger partial charge on any atom is 0.191 e. The van der Waals surface area contributed by atoms with Crippen LogP contribution in [0.3, 0.4) is 0 Å². The highest BCUT2D eigenvalue weighted by molar-refractivity contribution is 14.0. The van der Waals surface area contributed by atoms with Gasteiger partial charge in [0.05, 0.1) is 0 Å². The maximum absolute atomic E-state index is 13.1. The smallest absolute Gasteiger partial charge is 0.191 e. The molecule has 3 nitrogen and oxygen atoms in total. The van der Waals surface area contributed by atoms with Crippen LogP contribution in [0.15, 0.2) is 59.6 Å². The molecule has 124 valence electrons. The Morgan fingerprint density at radius 1 is 1.09 bits per heavy atom. The molecule has 0 aliphatic heterocycles. The zero-order valence-electron chi connectivity index (χ0n) is 13.4. The topological polar surface area (TPSA) is 36.4 Å². The normalized spacial score (nSPS) is 12.2. The summed E-state index contributed by atoms with van der Waals surface area (Å²) in [5.41, 5.74) is 2.18. The zero-order valence-corrected chi connectivity index (χ0v) is 15.8. The standard InChI is InChI=1S/C18H22FN3.HI/c1-14(16-8-4-3-5-9-16)12-21-18(20-2)22-13-15-7-6-10-17(19)11-15;/h3-11,14H,12-13H2,1-2H3,(H2,20,21,22);1H. The van der Waals surface area contributed by atoms with E-state index < -0.39 is 0 Å². The molecule has 0 fully saturated rings. The van der Waals surface area contributed by atoms with Crippen molar-refractivity contribution in [1.82, 2.24) is 10.6 Å². The SMILES string of the molecule is CN=C(NCc1cccc(F)c1)NCC(C)c1ccccc1.I. The molecule has 0 heterocycles. The van der Waals surface area contributed by atoms with Crippen LogP contribution >= 0.6 is 24.0 Å². The summed E-state index contributed by atoms with van der Waals surface area (Å²) in [6.07, 6.45) is 0. The third kappa shape index (κ3) is 6.56. The zero-order chi connectivity index (χ0) is 15.8. The number of aliphatic imine (C=N–C) groups is 1. The van der Waals surface area contributed by atoms with Gasteiger partial charge in [-0.15, -0.1) is 24.0 Å². The van der Waals surface area contributed by atoms with Crippen molar-refractivity contribution in [3.63, 3.8) is 0 Å². The predicted octanol–water partition coefficient (Wildman–Crippen LogP) is 3.91. The van der Waals surface area contributed by atoms with Crippen molar-refractivity contribution >= 4 is 29.9 Å². The number of hydrogen-bond donors (Lipinski definition) is 2. The van der Waals surface area contributed by atoms with E-state index in [0.717, 1.165) is 12.1 Å². The van der Waals surface area contributed by atoms with Gasteiger partial charge in [-0.1, -0.05) is 49.4 Å². The number of halogens is 2. The van der Waals surface area contributed by atoms with Crippen LogP contribution in [0.25, 0.3) is 0 Å². The molecule has 0 saturated heterocycles. The number of benzene rings is 2. The third-order valence-corrected chi connectivity index (χ3v) is 3.52. The van der Waals surface area contributed by atoms with Crippen molar-refractivity contribution in [3.8, 4) is 0 Å². The van der Waals surface area contributed by atoms with Crippen molar-refractivity contribution in [2.75, 3.05) is 13.6 Å². The van der Waals surface area contributed by atoms with Gasteiger partial charge < -0.3 is 10.6 Å². The van der Waals surface area contributed by atoms with Crippen molar-refractivity contribution in [2.45, 2.75) is 19.4 Å². The molecular weight excluding hydrogens is 404 g/mol. The number of nitrogens with one attached hydrogen (secondary N) is 2. The van der Waals surface area contributed by atoms with E-state index in [1.54, 1.807) is 13.1 Å². The molecule has 0 radical (unpaired) electrons. The van der Waals surface area contributed by atoms with Gasteiger partial charge in [0.1, 0.15) is 5.82 Å². The average molecular weight is 427 g/mol. The molecule has 23 heavy (non-hydrogen) atoms. The Kier molecular flexibility index (Phi) is 8.61. The van der Waals surface area contributed by atoms with E-state index in [0.29, 0.717) is 18.4 Å². The minimum Gasteiger partial charge on any atom is -0.356 e. The lowest BCUT2D eigenvalue weighted by Crippen LogP contribution is -2.38. The van der Waals surface area contributed by atoms with Crippen LogP contribution in [-0.2, 0) is 6.54 Å². The molecule has 0 amide bonds. The van der Waals surface area contributed by atoms with Gasteiger partial charge in [0.2, 0.25) is 0 Å². The highest BCUT2D eigenvalue weighted by atomic mass is 127. The van der Waals surface area contributed by atoms with Crippen LogP contribution in [0.2, 0.25) is 0 Å². The summed E-state index contributed by atoms with van der Waals surface area (Å²) in [6.45, 7) is 3.49. The number of guanidine groups is 1. The molecule has 0 aliphatic rings. The first-order valence-corrected chi connectivity index (χ1v) is 7.43. The Hall–Kier alpha value is -1.63. The minimum absolute atomic E-state index is 0. The van der Waals surface area contributed by atoms with Gasteiger partial charge >= 0.3 is 0 Å². The molecule has 2 aromatic carbocycles. The van der Waals surface area contributed by atoms with Gasteiger partial charge in [-0.25, -0.2) is 4.39 Å². The molecule has 0 spiro atoms. The Morgan fingerprint density at radius 3 is 2.48 bits per heavy atom. The first-order valence-electron chi connectivity index (χ1n) is 7.43. The number of nitrogens with zero attached hydrogens (tertiary/aromatic N) is 1. The summed E-state index contributed by atoms with van der Waals surface area (Å²) in [7, 11) is 1.73. The highest BCUT2D eigenvalue weighted by Crippen LogP contribution is 2.12. The van der Waals surface area contributed by atoms with E-state index in [1.165, 1.54) is 17.7 Å². The molecule has 5 heteroatoms. The van der Waals surface area contributed by atoms with Crippen LogP contribution in [-0.4, -0.2) is 19.6 Å². The first kappa shape index (κ1) is 19.4. The fourth-order valence-electron chi connectivity index (χ4n) is 2.20. The minimum atomic E-state index is -0.222. The van der Waals surface area contributed by atoms with Crippen molar-refractivity contribution in [2.24, 2.45) is 4.99 Å². The third-order valence-electron chi connectivity index (χ3n) is 3.52. The molecule has 0 aliphatic carbocycles. The van der Waals surface area contributed by atoms with Crippen LogP contribution in [0.4, 0.5) is 4.39 Å². The molecule has 0 saturated carbocycles. The monoisotopic (exact) mass is 427 g/mol. The van der Waals surface area contributed by atoms with Crippen LogP contribution < -0.4 is 10.6 Å². The summed E-state index contributed by atoms with van der Waals surface area (Å²) in [4.78, 5) is 4.19.